The number of hydrogen-bond donors (Lipinski definition) is 1. The summed E-state index contributed by atoms with van der Waals surface area (Å²) in [6.07, 6.45) is 4.10. The van der Waals surface area contributed by atoms with Gasteiger partial charge >= 0.3 is 0 Å². The molecule has 0 fully saturated rings. The molecule has 0 aromatic carbocycles. The highest BCUT2D eigenvalue weighted by Crippen LogP contribution is 2.27. The predicted molar refractivity (Wildman–Crippen MR) is 100 cm³/mol. The molecule has 1 N–H and O–H groups in total. The van der Waals surface area contributed by atoms with E-state index >= 15 is 0 Å². The van der Waals surface area contributed by atoms with Gasteiger partial charge in [-0.2, -0.15) is 0 Å². The first kappa shape index (κ1) is 18.6. The van der Waals surface area contributed by atoms with Crippen LogP contribution in [0.25, 0.3) is 11.4 Å². The summed E-state index contributed by atoms with van der Waals surface area (Å²) < 4.78 is 12.5. The highest BCUT2D eigenvalue weighted by atomic mass is 32.2. The number of ether oxygens (including phenoxy) is 1. The number of hydrogen-bond acceptors (Lipinski definition) is 8. The molecule has 0 saturated heterocycles. The summed E-state index contributed by atoms with van der Waals surface area (Å²) in [5.41, 5.74) is 0.897. The zero-order chi connectivity index (χ0) is 18.4. The molecule has 138 valence electrons. The lowest BCUT2D eigenvalue weighted by molar-refractivity contribution is -0.113. The molecule has 0 unspecified atom stereocenters. The Hall–Kier alpha value is -2.17. The summed E-state index contributed by atoms with van der Waals surface area (Å²) >= 11 is 2.73. The molecule has 3 aromatic heterocycles. The summed E-state index contributed by atoms with van der Waals surface area (Å²) in [6, 6.07) is 1.87. The minimum Gasteiger partial charge on any atom is -0.469 e. The van der Waals surface area contributed by atoms with E-state index in [2.05, 4.69) is 20.5 Å². The number of aryl methyl sites for hydroxylation is 1. The Bertz CT molecular complexity index is 844. The lowest BCUT2D eigenvalue weighted by Gasteiger charge is -2.09. The van der Waals surface area contributed by atoms with Crippen LogP contribution < -0.4 is 5.32 Å². The first-order chi connectivity index (χ1) is 12.7. The van der Waals surface area contributed by atoms with Gasteiger partial charge in [0, 0.05) is 31.8 Å². The molecule has 3 heterocycles. The normalized spacial score (nSPS) is 11.0. The van der Waals surface area contributed by atoms with E-state index < -0.39 is 0 Å². The van der Waals surface area contributed by atoms with Gasteiger partial charge in [0.1, 0.15) is 5.76 Å². The molecule has 0 atom stereocenters. The standard InChI is InChI=1S/C16H19N5O3S2/c1-11-12(4-8-24-11)14-19-20-16(21(14)6-3-7-23-2)26-10-13(22)18-15-17-5-9-25-15/h4-5,8-9H,3,6-7,10H2,1-2H3,(H,17,18,22). The molecule has 1 amide bonds. The summed E-state index contributed by atoms with van der Waals surface area (Å²) in [4.78, 5) is 16.1. The second-order valence-electron chi connectivity index (χ2n) is 5.37. The molecule has 3 aromatic rings. The molecule has 0 bridgehead atoms. The largest absolute Gasteiger partial charge is 0.469 e. The van der Waals surface area contributed by atoms with E-state index in [0.29, 0.717) is 23.4 Å². The SMILES string of the molecule is COCCCn1c(SCC(=O)Nc2nccs2)nnc1-c1ccoc1C. The lowest BCUT2D eigenvalue weighted by atomic mass is 10.2. The molecule has 0 saturated carbocycles. The quantitative estimate of drug-likeness (QED) is 0.441. The Balaban J connectivity index is 1.72. The second-order valence-corrected chi connectivity index (χ2v) is 7.21. The fraction of sp³-hybridized carbons (Fsp3) is 0.375. The van der Waals surface area contributed by atoms with Crippen molar-refractivity contribution in [1.82, 2.24) is 19.7 Å². The average Bonchev–Trinajstić information content (AvgIpc) is 3.35. The molecular weight excluding hydrogens is 374 g/mol. The summed E-state index contributed by atoms with van der Waals surface area (Å²) in [5.74, 6) is 1.61. The Morgan fingerprint density at radius 2 is 2.35 bits per heavy atom. The van der Waals surface area contributed by atoms with Gasteiger partial charge < -0.3 is 19.0 Å². The number of furan rings is 1. The fourth-order valence-electron chi connectivity index (χ4n) is 2.35. The number of thiazole rings is 1. The molecule has 26 heavy (non-hydrogen) atoms. The van der Waals surface area contributed by atoms with Crippen molar-refractivity contribution in [3.05, 3.63) is 29.7 Å². The van der Waals surface area contributed by atoms with E-state index in [0.717, 1.165) is 23.6 Å². The summed E-state index contributed by atoms with van der Waals surface area (Å²) in [5, 5.41) is 14.4. The third-order valence-electron chi connectivity index (χ3n) is 3.56. The first-order valence-corrected chi connectivity index (χ1v) is 9.84. The van der Waals surface area contributed by atoms with Gasteiger partial charge in [-0.3, -0.25) is 4.79 Å². The predicted octanol–water partition coefficient (Wildman–Crippen LogP) is 3.07. The molecule has 0 spiro atoms. The second kappa shape index (κ2) is 8.97. The van der Waals surface area contributed by atoms with Crippen LogP contribution in [0.4, 0.5) is 5.13 Å². The maximum absolute atomic E-state index is 12.1. The maximum atomic E-state index is 12.1. The van der Waals surface area contributed by atoms with Crippen LogP contribution in [0, 0.1) is 6.92 Å². The van der Waals surface area contributed by atoms with Crippen molar-refractivity contribution in [3.63, 3.8) is 0 Å². The van der Waals surface area contributed by atoms with Crippen molar-refractivity contribution in [1.29, 1.82) is 0 Å². The number of anilines is 1. The Morgan fingerprint density at radius 3 is 3.04 bits per heavy atom. The van der Waals surface area contributed by atoms with Crippen LogP contribution in [0.3, 0.4) is 0 Å². The number of rotatable bonds is 9. The number of carbonyl (C=O) groups is 1. The topological polar surface area (TPSA) is 95.1 Å². The van der Waals surface area contributed by atoms with Crippen molar-refractivity contribution in [2.75, 3.05) is 24.8 Å². The van der Waals surface area contributed by atoms with Gasteiger partial charge in [0.05, 0.1) is 17.6 Å². The molecule has 0 aliphatic heterocycles. The lowest BCUT2D eigenvalue weighted by Crippen LogP contribution is -2.14. The summed E-state index contributed by atoms with van der Waals surface area (Å²) in [6.45, 7) is 3.21. The highest BCUT2D eigenvalue weighted by molar-refractivity contribution is 7.99. The van der Waals surface area contributed by atoms with Gasteiger partial charge in [-0.15, -0.1) is 21.5 Å². The number of nitrogens with one attached hydrogen (secondary N) is 1. The van der Waals surface area contributed by atoms with E-state index in [1.807, 2.05) is 22.9 Å². The first-order valence-electron chi connectivity index (χ1n) is 7.97. The van der Waals surface area contributed by atoms with Gasteiger partial charge in [0.15, 0.2) is 16.1 Å². The van der Waals surface area contributed by atoms with Crippen LogP contribution in [0.1, 0.15) is 12.2 Å². The number of amides is 1. The molecule has 0 aliphatic carbocycles. The Morgan fingerprint density at radius 1 is 1.46 bits per heavy atom. The van der Waals surface area contributed by atoms with Crippen molar-refractivity contribution in [2.45, 2.75) is 25.0 Å². The molecule has 0 radical (unpaired) electrons. The number of aromatic nitrogens is 4. The minimum absolute atomic E-state index is 0.127. The molecule has 8 nitrogen and oxygen atoms in total. The van der Waals surface area contributed by atoms with E-state index in [4.69, 9.17) is 9.15 Å². The van der Waals surface area contributed by atoms with Crippen molar-refractivity contribution in [3.8, 4) is 11.4 Å². The van der Waals surface area contributed by atoms with E-state index in [9.17, 15) is 4.79 Å². The number of nitrogens with zero attached hydrogens (tertiary/aromatic N) is 4. The van der Waals surface area contributed by atoms with Crippen LogP contribution >= 0.6 is 23.1 Å². The highest BCUT2D eigenvalue weighted by Gasteiger charge is 2.18. The van der Waals surface area contributed by atoms with Crippen LogP contribution in [-0.2, 0) is 16.1 Å². The van der Waals surface area contributed by atoms with E-state index in [-0.39, 0.29) is 11.7 Å². The Labute approximate surface area is 159 Å². The monoisotopic (exact) mass is 393 g/mol. The van der Waals surface area contributed by atoms with Crippen LogP contribution in [0.15, 0.2) is 33.5 Å². The van der Waals surface area contributed by atoms with Crippen molar-refractivity contribution >= 4 is 34.1 Å². The summed E-state index contributed by atoms with van der Waals surface area (Å²) in [7, 11) is 1.67. The van der Waals surface area contributed by atoms with Gasteiger partial charge in [0.2, 0.25) is 5.91 Å². The van der Waals surface area contributed by atoms with Crippen LogP contribution in [-0.4, -0.2) is 45.1 Å². The molecule has 0 aliphatic rings. The zero-order valence-corrected chi connectivity index (χ0v) is 16.1. The molecule has 3 rings (SSSR count). The molecular formula is C16H19N5O3S2. The minimum atomic E-state index is -0.127. The van der Waals surface area contributed by atoms with Crippen LogP contribution in [0.5, 0.6) is 0 Å². The Kier molecular flexibility index (Phi) is 6.42. The fourth-order valence-corrected chi connectivity index (χ4v) is 3.66. The molecule has 10 heteroatoms. The van der Waals surface area contributed by atoms with Gasteiger partial charge in [-0.25, -0.2) is 4.98 Å². The third-order valence-corrected chi connectivity index (χ3v) is 5.21. The van der Waals surface area contributed by atoms with E-state index in [1.165, 1.54) is 23.1 Å². The van der Waals surface area contributed by atoms with Gasteiger partial charge in [-0.05, 0) is 19.4 Å². The van der Waals surface area contributed by atoms with Crippen molar-refractivity contribution < 1.29 is 13.9 Å². The van der Waals surface area contributed by atoms with Gasteiger partial charge in [0.25, 0.3) is 0 Å². The van der Waals surface area contributed by atoms with Gasteiger partial charge in [-0.1, -0.05) is 11.8 Å². The van der Waals surface area contributed by atoms with Crippen LogP contribution in [0.2, 0.25) is 0 Å². The third kappa shape index (κ3) is 4.51. The van der Waals surface area contributed by atoms with Crippen molar-refractivity contribution in [2.24, 2.45) is 0 Å². The maximum Gasteiger partial charge on any atom is 0.236 e. The average molecular weight is 393 g/mol. The zero-order valence-electron chi connectivity index (χ0n) is 14.5. The number of thioether (sulfide) groups is 1. The number of methoxy groups -OCH3 is 1. The number of carbonyl (C=O) groups excluding carboxylic acids is 1. The van der Waals surface area contributed by atoms with E-state index in [1.54, 1.807) is 19.6 Å². The smallest absolute Gasteiger partial charge is 0.236 e.